The third-order valence-electron chi connectivity index (χ3n) is 3.00. The molecule has 3 nitrogen and oxygen atoms in total. The number of carbonyl (C=O) groups is 1. The molecule has 2 aliphatic rings. The van der Waals surface area contributed by atoms with Crippen LogP contribution in [-0.4, -0.2) is 29.3 Å². The highest BCUT2D eigenvalue weighted by Gasteiger charge is 2.45. The van der Waals surface area contributed by atoms with Crippen LogP contribution < -0.4 is 5.32 Å². The van der Waals surface area contributed by atoms with Gasteiger partial charge in [0.1, 0.15) is 11.4 Å². The van der Waals surface area contributed by atoms with Crippen molar-refractivity contribution in [1.82, 2.24) is 5.32 Å². The molecule has 2 rings (SSSR count). The second-order valence-electron chi connectivity index (χ2n) is 3.99. The molecule has 1 N–H and O–H groups in total. The molecule has 1 aliphatic carbocycles. The van der Waals surface area contributed by atoms with Gasteiger partial charge in [0.05, 0.1) is 0 Å². The van der Waals surface area contributed by atoms with Crippen LogP contribution in [0.2, 0.25) is 0 Å². The zero-order valence-corrected chi connectivity index (χ0v) is 9.32. The Labute approximate surface area is 88.7 Å². The smallest absolute Gasteiger partial charge is 0.253 e. The fraction of sp³-hybridized carbons (Fsp3) is 0.800. The molecule has 0 saturated heterocycles. The average Bonchev–Trinajstić information content (AvgIpc) is 2.74. The third kappa shape index (κ3) is 1.67. The summed E-state index contributed by atoms with van der Waals surface area (Å²) in [5, 5.41) is 2.92. The van der Waals surface area contributed by atoms with Gasteiger partial charge in [0.25, 0.3) is 5.91 Å². The number of hydrogen-bond acceptors (Lipinski definition) is 3. The molecule has 78 valence electrons. The van der Waals surface area contributed by atoms with Crippen molar-refractivity contribution in [3.63, 3.8) is 0 Å². The van der Waals surface area contributed by atoms with Crippen molar-refractivity contribution in [2.75, 3.05) is 12.0 Å². The van der Waals surface area contributed by atoms with E-state index in [9.17, 15) is 4.79 Å². The first-order chi connectivity index (χ1) is 6.77. The lowest BCUT2D eigenvalue weighted by atomic mass is 9.99. The maximum atomic E-state index is 11.7. The highest BCUT2D eigenvalue weighted by molar-refractivity contribution is 7.98. The van der Waals surface area contributed by atoms with Crippen LogP contribution in [0.3, 0.4) is 0 Å². The Morgan fingerprint density at radius 2 is 2.21 bits per heavy atom. The summed E-state index contributed by atoms with van der Waals surface area (Å²) in [5.74, 6) is 2.09. The number of amidine groups is 1. The van der Waals surface area contributed by atoms with Gasteiger partial charge in [-0.15, -0.1) is 0 Å². The number of rotatable bonds is 3. The van der Waals surface area contributed by atoms with Crippen molar-refractivity contribution in [2.24, 2.45) is 4.99 Å². The molecule has 0 aromatic heterocycles. The van der Waals surface area contributed by atoms with E-state index in [4.69, 9.17) is 0 Å². The third-order valence-corrected chi connectivity index (χ3v) is 3.62. The fourth-order valence-corrected chi connectivity index (χ4v) is 2.60. The fourth-order valence-electron chi connectivity index (χ4n) is 2.20. The minimum atomic E-state index is -0.353. The summed E-state index contributed by atoms with van der Waals surface area (Å²) in [6.45, 7) is 0. The Kier molecular flexibility index (Phi) is 2.81. The Morgan fingerprint density at radius 1 is 1.50 bits per heavy atom. The van der Waals surface area contributed by atoms with Crippen molar-refractivity contribution in [2.45, 2.75) is 37.6 Å². The monoisotopic (exact) mass is 212 g/mol. The molecular formula is C10H16N2OS. The quantitative estimate of drug-likeness (QED) is 0.771. The molecule has 4 heteroatoms. The van der Waals surface area contributed by atoms with Crippen LogP contribution in [0, 0.1) is 0 Å². The summed E-state index contributed by atoms with van der Waals surface area (Å²) in [6, 6.07) is 0. The summed E-state index contributed by atoms with van der Waals surface area (Å²) >= 11 is 1.79. The maximum absolute atomic E-state index is 11.7. The van der Waals surface area contributed by atoms with Gasteiger partial charge >= 0.3 is 0 Å². The second-order valence-corrected chi connectivity index (χ2v) is 4.98. The summed E-state index contributed by atoms with van der Waals surface area (Å²) in [5.41, 5.74) is -0.353. The molecule has 0 aromatic rings. The molecular weight excluding hydrogens is 196 g/mol. The number of carbonyl (C=O) groups excluding carboxylic acids is 1. The van der Waals surface area contributed by atoms with Gasteiger partial charge in [-0.1, -0.05) is 12.8 Å². The zero-order valence-electron chi connectivity index (χ0n) is 8.51. The SMILES string of the molecule is CSCCC1=NC2(CCCC2)C(=O)N1. The number of amides is 1. The summed E-state index contributed by atoms with van der Waals surface area (Å²) < 4.78 is 0. The van der Waals surface area contributed by atoms with Crippen LogP contribution in [0.15, 0.2) is 4.99 Å². The number of aliphatic imine (C=N–C) groups is 1. The van der Waals surface area contributed by atoms with Gasteiger partial charge < -0.3 is 5.32 Å². The van der Waals surface area contributed by atoms with E-state index < -0.39 is 0 Å². The normalized spacial score (nSPS) is 24.1. The largest absolute Gasteiger partial charge is 0.312 e. The minimum Gasteiger partial charge on any atom is -0.312 e. The van der Waals surface area contributed by atoms with Crippen LogP contribution in [0.4, 0.5) is 0 Å². The van der Waals surface area contributed by atoms with Crippen LogP contribution >= 0.6 is 11.8 Å². The minimum absolute atomic E-state index is 0.145. The molecule has 14 heavy (non-hydrogen) atoms. The molecule has 0 atom stereocenters. The first-order valence-corrected chi connectivity index (χ1v) is 6.55. The summed E-state index contributed by atoms with van der Waals surface area (Å²) in [7, 11) is 0. The average molecular weight is 212 g/mol. The molecule has 1 saturated carbocycles. The summed E-state index contributed by atoms with van der Waals surface area (Å²) in [4.78, 5) is 16.3. The van der Waals surface area contributed by atoms with E-state index in [0.717, 1.165) is 43.7 Å². The number of hydrogen-bond donors (Lipinski definition) is 1. The van der Waals surface area contributed by atoms with Gasteiger partial charge in [0.2, 0.25) is 0 Å². The zero-order chi connectivity index (χ0) is 10.0. The molecule has 1 fully saturated rings. The highest BCUT2D eigenvalue weighted by Crippen LogP contribution is 2.36. The van der Waals surface area contributed by atoms with Crippen LogP contribution in [0.5, 0.6) is 0 Å². The van der Waals surface area contributed by atoms with E-state index in [-0.39, 0.29) is 11.4 Å². The number of nitrogens with zero attached hydrogens (tertiary/aromatic N) is 1. The van der Waals surface area contributed by atoms with E-state index in [1.54, 1.807) is 11.8 Å². The van der Waals surface area contributed by atoms with Crippen molar-refractivity contribution in [1.29, 1.82) is 0 Å². The van der Waals surface area contributed by atoms with Gasteiger partial charge in [-0.2, -0.15) is 11.8 Å². The van der Waals surface area contributed by atoms with Crippen LogP contribution in [-0.2, 0) is 4.79 Å². The molecule has 1 amide bonds. The topological polar surface area (TPSA) is 41.5 Å². The highest BCUT2D eigenvalue weighted by atomic mass is 32.2. The van der Waals surface area contributed by atoms with E-state index in [0.29, 0.717) is 0 Å². The Hall–Kier alpha value is -0.510. The Morgan fingerprint density at radius 3 is 2.86 bits per heavy atom. The Bertz CT molecular complexity index is 269. The van der Waals surface area contributed by atoms with Gasteiger partial charge in [-0.25, -0.2) is 0 Å². The first kappa shape index (κ1) is 10.0. The molecule has 1 heterocycles. The van der Waals surface area contributed by atoms with Crippen LogP contribution in [0.25, 0.3) is 0 Å². The molecule has 0 bridgehead atoms. The summed E-state index contributed by atoms with van der Waals surface area (Å²) in [6.07, 6.45) is 7.15. The number of nitrogens with one attached hydrogen (secondary N) is 1. The van der Waals surface area contributed by atoms with Crippen molar-refractivity contribution in [3.05, 3.63) is 0 Å². The predicted molar refractivity (Wildman–Crippen MR) is 59.8 cm³/mol. The van der Waals surface area contributed by atoms with Crippen molar-refractivity contribution < 1.29 is 4.79 Å². The lowest BCUT2D eigenvalue weighted by Gasteiger charge is -2.14. The standard InChI is InChI=1S/C10H16N2OS/c1-14-7-4-8-11-9(13)10(12-8)5-2-3-6-10/h2-7H2,1H3,(H,11,12,13). The van der Waals surface area contributed by atoms with Gasteiger partial charge in [-0.05, 0) is 19.1 Å². The van der Waals surface area contributed by atoms with E-state index in [1.165, 1.54) is 0 Å². The van der Waals surface area contributed by atoms with Crippen molar-refractivity contribution in [3.8, 4) is 0 Å². The van der Waals surface area contributed by atoms with Gasteiger partial charge in [0.15, 0.2) is 0 Å². The molecule has 0 aromatic carbocycles. The van der Waals surface area contributed by atoms with Crippen molar-refractivity contribution >= 4 is 23.5 Å². The first-order valence-electron chi connectivity index (χ1n) is 5.16. The van der Waals surface area contributed by atoms with E-state index in [2.05, 4.69) is 16.6 Å². The lowest BCUT2D eigenvalue weighted by molar-refractivity contribution is -0.123. The van der Waals surface area contributed by atoms with Crippen LogP contribution in [0.1, 0.15) is 32.1 Å². The van der Waals surface area contributed by atoms with E-state index >= 15 is 0 Å². The maximum Gasteiger partial charge on any atom is 0.253 e. The second kappa shape index (κ2) is 3.93. The molecule has 0 unspecified atom stereocenters. The molecule has 1 spiro atoms. The molecule has 0 radical (unpaired) electrons. The number of thioether (sulfide) groups is 1. The Balaban J connectivity index is 2.05. The van der Waals surface area contributed by atoms with E-state index in [1.807, 2.05) is 0 Å². The van der Waals surface area contributed by atoms with Gasteiger partial charge in [-0.3, -0.25) is 9.79 Å². The van der Waals surface area contributed by atoms with Gasteiger partial charge in [0, 0.05) is 12.2 Å². The predicted octanol–water partition coefficient (Wildman–Crippen LogP) is 1.58. The molecule has 1 aliphatic heterocycles. The lowest BCUT2D eigenvalue weighted by Crippen LogP contribution is -2.37.